The number of halogens is 2. The van der Waals surface area contributed by atoms with Crippen molar-refractivity contribution >= 4 is 15.9 Å². The lowest BCUT2D eigenvalue weighted by molar-refractivity contribution is 0.170. The van der Waals surface area contributed by atoms with Gasteiger partial charge < -0.3 is 10.1 Å². The molecule has 4 heteroatoms. The number of methoxy groups -OCH3 is 1. The highest BCUT2D eigenvalue weighted by molar-refractivity contribution is 9.10. The van der Waals surface area contributed by atoms with Crippen LogP contribution in [0.2, 0.25) is 0 Å². The normalized spacial score (nSPS) is 14.5. The quantitative estimate of drug-likeness (QED) is 0.823. The molecule has 1 N–H and O–H groups in total. The maximum Gasteiger partial charge on any atom is 0.137 e. The van der Waals surface area contributed by atoms with Gasteiger partial charge in [-0.2, -0.15) is 0 Å². The van der Waals surface area contributed by atoms with Gasteiger partial charge in [-0.15, -0.1) is 0 Å². The smallest absolute Gasteiger partial charge is 0.137 e. The van der Waals surface area contributed by atoms with Crippen LogP contribution in [0.3, 0.4) is 0 Å². The van der Waals surface area contributed by atoms with Gasteiger partial charge in [0.1, 0.15) is 5.82 Å². The number of hydrogen-bond donors (Lipinski definition) is 1. The van der Waals surface area contributed by atoms with Crippen LogP contribution in [-0.4, -0.2) is 20.3 Å². The second-order valence-corrected chi connectivity index (χ2v) is 5.32. The fourth-order valence-corrected chi connectivity index (χ4v) is 2.29. The molecule has 0 saturated heterocycles. The molecule has 0 saturated carbocycles. The predicted molar refractivity (Wildman–Crippen MR) is 76.2 cm³/mol. The molecular weight excluding hydrogens is 297 g/mol. The van der Waals surface area contributed by atoms with Gasteiger partial charge in [-0.05, 0) is 52.5 Å². The molecule has 2 atom stereocenters. The topological polar surface area (TPSA) is 21.3 Å². The van der Waals surface area contributed by atoms with Crippen LogP contribution in [0.25, 0.3) is 0 Å². The van der Waals surface area contributed by atoms with Crippen LogP contribution in [0.15, 0.2) is 22.7 Å². The van der Waals surface area contributed by atoms with E-state index in [0.29, 0.717) is 10.4 Å². The first-order valence-electron chi connectivity index (χ1n) is 6.27. The molecule has 0 aliphatic heterocycles. The Morgan fingerprint density at radius 2 is 2.17 bits per heavy atom. The van der Waals surface area contributed by atoms with Gasteiger partial charge in [-0.25, -0.2) is 4.39 Å². The van der Waals surface area contributed by atoms with E-state index in [-0.39, 0.29) is 11.9 Å². The summed E-state index contributed by atoms with van der Waals surface area (Å²) in [4.78, 5) is 0. The summed E-state index contributed by atoms with van der Waals surface area (Å²) in [5.74, 6) is 0.180. The fraction of sp³-hybridized carbons (Fsp3) is 0.571. The van der Waals surface area contributed by atoms with Crippen molar-refractivity contribution in [2.45, 2.75) is 26.3 Å². The zero-order valence-corrected chi connectivity index (χ0v) is 12.8. The molecule has 0 bridgehead atoms. The molecule has 2 nitrogen and oxygen atoms in total. The lowest BCUT2D eigenvalue weighted by atomic mass is 9.92. The Morgan fingerprint density at radius 1 is 1.44 bits per heavy atom. The van der Waals surface area contributed by atoms with Crippen molar-refractivity contribution in [3.8, 4) is 0 Å². The zero-order valence-electron chi connectivity index (χ0n) is 11.2. The molecule has 1 aromatic rings. The zero-order chi connectivity index (χ0) is 13.5. The van der Waals surface area contributed by atoms with Gasteiger partial charge >= 0.3 is 0 Å². The van der Waals surface area contributed by atoms with Gasteiger partial charge in [0.25, 0.3) is 0 Å². The van der Waals surface area contributed by atoms with Gasteiger partial charge in [0, 0.05) is 19.8 Å². The minimum absolute atomic E-state index is 0.160. The third-order valence-corrected chi connectivity index (χ3v) is 3.72. The van der Waals surface area contributed by atoms with Gasteiger partial charge in [-0.3, -0.25) is 0 Å². The average Bonchev–Trinajstić information content (AvgIpc) is 2.36. The van der Waals surface area contributed by atoms with E-state index in [0.717, 1.165) is 25.1 Å². The highest BCUT2D eigenvalue weighted by Gasteiger charge is 2.19. The molecule has 0 fully saturated rings. The Labute approximate surface area is 117 Å². The molecule has 1 rings (SSSR count). The Bertz CT molecular complexity index is 373. The van der Waals surface area contributed by atoms with Crippen LogP contribution < -0.4 is 5.32 Å². The summed E-state index contributed by atoms with van der Waals surface area (Å²) in [5.41, 5.74) is 0.987. The van der Waals surface area contributed by atoms with E-state index < -0.39 is 0 Å². The molecule has 18 heavy (non-hydrogen) atoms. The van der Waals surface area contributed by atoms with E-state index in [4.69, 9.17) is 4.74 Å². The molecule has 0 amide bonds. The number of hydrogen-bond acceptors (Lipinski definition) is 2. The summed E-state index contributed by atoms with van der Waals surface area (Å²) >= 11 is 3.18. The number of rotatable bonds is 7. The van der Waals surface area contributed by atoms with Crippen molar-refractivity contribution in [3.63, 3.8) is 0 Å². The first kappa shape index (κ1) is 15.6. The summed E-state index contributed by atoms with van der Waals surface area (Å²) in [6, 6.07) is 5.48. The summed E-state index contributed by atoms with van der Waals surface area (Å²) in [5, 5.41) is 3.42. The fourth-order valence-electron chi connectivity index (χ4n) is 2.04. The van der Waals surface area contributed by atoms with Gasteiger partial charge in [0.05, 0.1) is 4.47 Å². The number of benzene rings is 1. The third kappa shape index (κ3) is 4.34. The van der Waals surface area contributed by atoms with Crippen LogP contribution in [-0.2, 0) is 4.74 Å². The molecule has 0 aliphatic carbocycles. The van der Waals surface area contributed by atoms with Crippen LogP contribution in [0.5, 0.6) is 0 Å². The van der Waals surface area contributed by atoms with E-state index >= 15 is 0 Å². The molecule has 0 heterocycles. The van der Waals surface area contributed by atoms with E-state index in [1.165, 1.54) is 0 Å². The second kappa shape index (κ2) is 7.87. The molecule has 0 spiro atoms. The Kier molecular flexibility index (Phi) is 6.82. The van der Waals surface area contributed by atoms with Gasteiger partial charge in [0.2, 0.25) is 0 Å². The predicted octanol–water partition coefficient (Wildman–Crippen LogP) is 3.91. The molecule has 1 aromatic carbocycles. The van der Waals surface area contributed by atoms with E-state index in [9.17, 15) is 4.39 Å². The van der Waals surface area contributed by atoms with Crippen LogP contribution in [0.1, 0.15) is 31.9 Å². The van der Waals surface area contributed by atoms with Crippen LogP contribution >= 0.6 is 15.9 Å². The Balaban J connectivity index is 2.85. The second-order valence-electron chi connectivity index (χ2n) is 4.47. The molecular formula is C14H21BrFNO. The highest BCUT2D eigenvalue weighted by Crippen LogP contribution is 2.27. The van der Waals surface area contributed by atoms with Gasteiger partial charge in [-0.1, -0.05) is 19.9 Å². The van der Waals surface area contributed by atoms with Crippen molar-refractivity contribution in [2.75, 3.05) is 20.3 Å². The summed E-state index contributed by atoms with van der Waals surface area (Å²) < 4.78 is 19.2. The SMILES string of the molecule is CCNC(c1ccc(Br)c(F)c1)C(C)CCOC. The van der Waals surface area contributed by atoms with Crippen molar-refractivity contribution in [3.05, 3.63) is 34.1 Å². The van der Waals surface area contributed by atoms with Crippen LogP contribution in [0.4, 0.5) is 4.39 Å². The van der Waals surface area contributed by atoms with Crippen molar-refractivity contribution < 1.29 is 9.13 Å². The summed E-state index contributed by atoms with van der Waals surface area (Å²) in [6.45, 7) is 5.80. The molecule has 0 radical (unpaired) electrons. The first-order chi connectivity index (χ1) is 8.60. The van der Waals surface area contributed by atoms with Crippen molar-refractivity contribution in [2.24, 2.45) is 5.92 Å². The maximum absolute atomic E-state index is 13.6. The monoisotopic (exact) mass is 317 g/mol. The molecule has 0 aliphatic rings. The summed E-state index contributed by atoms with van der Waals surface area (Å²) in [6.07, 6.45) is 0.950. The first-order valence-corrected chi connectivity index (χ1v) is 7.06. The third-order valence-electron chi connectivity index (χ3n) is 3.07. The minimum Gasteiger partial charge on any atom is -0.385 e. The Hall–Kier alpha value is -0.450. The van der Waals surface area contributed by atoms with Gasteiger partial charge in [0.15, 0.2) is 0 Å². The highest BCUT2D eigenvalue weighted by atomic mass is 79.9. The molecule has 2 unspecified atom stereocenters. The van der Waals surface area contributed by atoms with Crippen molar-refractivity contribution in [1.29, 1.82) is 0 Å². The summed E-state index contributed by atoms with van der Waals surface area (Å²) in [7, 11) is 1.70. The Morgan fingerprint density at radius 3 is 2.72 bits per heavy atom. The minimum atomic E-state index is -0.214. The van der Waals surface area contributed by atoms with Crippen LogP contribution in [0, 0.1) is 11.7 Å². The maximum atomic E-state index is 13.6. The largest absolute Gasteiger partial charge is 0.385 e. The van der Waals surface area contributed by atoms with E-state index in [1.54, 1.807) is 19.2 Å². The van der Waals surface area contributed by atoms with E-state index in [1.807, 2.05) is 6.07 Å². The number of ether oxygens (including phenoxy) is 1. The average molecular weight is 318 g/mol. The van der Waals surface area contributed by atoms with Crippen molar-refractivity contribution in [1.82, 2.24) is 5.32 Å². The molecule has 102 valence electrons. The lowest BCUT2D eigenvalue weighted by Crippen LogP contribution is -2.27. The lowest BCUT2D eigenvalue weighted by Gasteiger charge is -2.25. The standard InChI is InChI=1S/C14H21BrFNO/c1-4-17-14(10(2)7-8-18-3)11-5-6-12(15)13(16)9-11/h5-6,9-10,14,17H,4,7-8H2,1-3H3. The molecule has 0 aromatic heterocycles. The number of nitrogens with one attached hydrogen (secondary N) is 1. The van der Waals surface area contributed by atoms with E-state index in [2.05, 4.69) is 35.1 Å².